The minimum Gasteiger partial charge on any atom is -0.353 e. The van der Waals surface area contributed by atoms with Crippen molar-refractivity contribution in [1.82, 2.24) is 10.6 Å². The molecule has 1 aliphatic heterocycles. The van der Waals surface area contributed by atoms with Crippen molar-refractivity contribution in [2.24, 2.45) is 5.92 Å². The summed E-state index contributed by atoms with van der Waals surface area (Å²) in [6.45, 7) is 3.04. The SMILES string of the molecule is CC(CC(F)(F)F)NC(=O)CC1CCNC1. The molecule has 1 rings (SSSR count). The molecule has 1 saturated heterocycles. The Kier molecular flexibility index (Phi) is 4.58. The lowest BCUT2D eigenvalue weighted by molar-refractivity contribution is -0.141. The monoisotopic (exact) mass is 238 g/mol. The van der Waals surface area contributed by atoms with Crippen molar-refractivity contribution in [3.05, 3.63) is 0 Å². The molecule has 1 fully saturated rings. The zero-order valence-electron chi connectivity index (χ0n) is 9.23. The second kappa shape index (κ2) is 5.52. The van der Waals surface area contributed by atoms with Crippen molar-refractivity contribution in [2.45, 2.75) is 38.4 Å². The summed E-state index contributed by atoms with van der Waals surface area (Å²) in [6.07, 6.45) is -3.96. The first kappa shape index (κ1) is 13.3. The van der Waals surface area contributed by atoms with Crippen molar-refractivity contribution in [1.29, 1.82) is 0 Å². The Morgan fingerprint density at radius 2 is 2.25 bits per heavy atom. The van der Waals surface area contributed by atoms with Crippen molar-refractivity contribution >= 4 is 5.91 Å². The third-order valence-electron chi connectivity index (χ3n) is 2.58. The van der Waals surface area contributed by atoms with Crippen LogP contribution in [0.25, 0.3) is 0 Å². The van der Waals surface area contributed by atoms with Gasteiger partial charge in [0.25, 0.3) is 0 Å². The van der Waals surface area contributed by atoms with Crippen molar-refractivity contribution in [2.75, 3.05) is 13.1 Å². The Morgan fingerprint density at radius 1 is 1.56 bits per heavy atom. The van der Waals surface area contributed by atoms with E-state index in [2.05, 4.69) is 10.6 Å². The summed E-state index contributed by atoms with van der Waals surface area (Å²) >= 11 is 0. The Bertz CT molecular complexity index is 237. The Labute approximate surface area is 92.8 Å². The Hall–Kier alpha value is -0.780. The van der Waals surface area contributed by atoms with E-state index in [9.17, 15) is 18.0 Å². The van der Waals surface area contributed by atoms with Crippen LogP contribution in [-0.4, -0.2) is 31.2 Å². The average molecular weight is 238 g/mol. The minimum absolute atomic E-state index is 0.262. The van der Waals surface area contributed by atoms with Crippen LogP contribution in [0.3, 0.4) is 0 Å². The summed E-state index contributed by atoms with van der Waals surface area (Å²) in [5.41, 5.74) is 0. The number of amides is 1. The van der Waals surface area contributed by atoms with Crippen LogP contribution in [0.4, 0.5) is 13.2 Å². The molecule has 1 aliphatic rings. The first-order valence-corrected chi connectivity index (χ1v) is 5.43. The zero-order chi connectivity index (χ0) is 12.2. The fourth-order valence-corrected chi connectivity index (χ4v) is 1.88. The van der Waals surface area contributed by atoms with Gasteiger partial charge in [-0.3, -0.25) is 4.79 Å². The molecule has 0 aromatic carbocycles. The van der Waals surface area contributed by atoms with Gasteiger partial charge in [-0.25, -0.2) is 0 Å². The number of carbonyl (C=O) groups is 1. The predicted molar refractivity (Wildman–Crippen MR) is 53.9 cm³/mol. The summed E-state index contributed by atoms with van der Waals surface area (Å²) in [5, 5.41) is 5.49. The van der Waals surface area contributed by atoms with E-state index in [0.29, 0.717) is 6.42 Å². The van der Waals surface area contributed by atoms with Gasteiger partial charge in [-0.05, 0) is 32.4 Å². The quantitative estimate of drug-likeness (QED) is 0.778. The average Bonchev–Trinajstić information content (AvgIpc) is 2.51. The lowest BCUT2D eigenvalue weighted by Crippen LogP contribution is -2.36. The molecule has 16 heavy (non-hydrogen) atoms. The molecule has 0 aromatic rings. The van der Waals surface area contributed by atoms with E-state index < -0.39 is 18.6 Å². The second-order valence-electron chi connectivity index (χ2n) is 4.35. The topological polar surface area (TPSA) is 41.1 Å². The summed E-state index contributed by atoms with van der Waals surface area (Å²) in [4.78, 5) is 11.4. The van der Waals surface area contributed by atoms with Gasteiger partial charge in [0.15, 0.2) is 0 Å². The molecule has 0 aliphatic carbocycles. The van der Waals surface area contributed by atoms with E-state index in [0.717, 1.165) is 19.5 Å². The van der Waals surface area contributed by atoms with Crippen molar-refractivity contribution in [3.8, 4) is 0 Å². The van der Waals surface area contributed by atoms with E-state index in [4.69, 9.17) is 0 Å². The van der Waals surface area contributed by atoms with Crippen LogP contribution in [0.5, 0.6) is 0 Å². The minimum atomic E-state index is -4.22. The molecule has 6 heteroatoms. The first-order chi connectivity index (χ1) is 7.37. The summed E-state index contributed by atoms with van der Waals surface area (Å²) in [6, 6.07) is -0.845. The van der Waals surface area contributed by atoms with E-state index in [1.165, 1.54) is 6.92 Å². The van der Waals surface area contributed by atoms with Gasteiger partial charge in [0.1, 0.15) is 0 Å². The third kappa shape index (κ3) is 5.34. The standard InChI is InChI=1S/C10H17F3N2O/c1-7(5-10(11,12)13)15-9(16)4-8-2-3-14-6-8/h7-8,14H,2-6H2,1H3,(H,15,16). The largest absolute Gasteiger partial charge is 0.391 e. The van der Waals surface area contributed by atoms with Crippen LogP contribution in [0.1, 0.15) is 26.2 Å². The van der Waals surface area contributed by atoms with E-state index in [1.807, 2.05) is 0 Å². The fraction of sp³-hybridized carbons (Fsp3) is 0.900. The molecular formula is C10H17F3N2O. The van der Waals surface area contributed by atoms with Gasteiger partial charge in [-0.2, -0.15) is 13.2 Å². The summed E-state index contributed by atoms with van der Waals surface area (Å²) in [5.74, 6) is -0.0245. The highest BCUT2D eigenvalue weighted by Gasteiger charge is 2.30. The molecule has 94 valence electrons. The molecule has 2 N–H and O–H groups in total. The summed E-state index contributed by atoms with van der Waals surface area (Å²) < 4.78 is 36.0. The molecule has 0 radical (unpaired) electrons. The van der Waals surface area contributed by atoms with Crippen LogP contribution >= 0.6 is 0 Å². The molecule has 0 spiro atoms. The Balaban J connectivity index is 2.22. The van der Waals surface area contributed by atoms with Gasteiger partial charge >= 0.3 is 6.18 Å². The number of rotatable bonds is 4. The number of hydrogen-bond donors (Lipinski definition) is 2. The maximum Gasteiger partial charge on any atom is 0.391 e. The maximum atomic E-state index is 12.0. The highest BCUT2D eigenvalue weighted by atomic mass is 19.4. The first-order valence-electron chi connectivity index (χ1n) is 5.43. The van der Waals surface area contributed by atoms with Gasteiger partial charge < -0.3 is 10.6 Å². The van der Waals surface area contributed by atoms with E-state index in [1.54, 1.807) is 0 Å². The number of nitrogens with one attached hydrogen (secondary N) is 2. The smallest absolute Gasteiger partial charge is 0.353 e. The van der Waals surface area contributed by atoms with Gasteiger partial charge in [-0.15, -0.1) is 0 Å². The highest BCUT2D eigenvalue weighted by molar-refractivity contribution is 5.76. The molecule has 0 bridgehead atoms. The van der Waals surface area contributed by atoms with Crippen LogP contribution < -0.4 is 10.6 Å². The van der Waals surface area contributed by atoms with E-state index in [-0.39, 0.29) is 11.8 Å². The molecule has 1 heterocycles. The van der Waals surface area contributed by atoms with Crippen LogP contribution in [0, 0.1) is 5.92 Å². The van der Waals surface area contributed by atoms with Crippen LogP contribution in [0.2, 0.25) is 0 Å². The highest BCUT2D eigenvalue weighted by Crippen LogP contribution is 2.21. The van der Waals surface area contributed by atoms with Gasteiger partial charge in [0, 0.05) is 12.5 Å². The van der Waals surface area contributed by atoms with Gasteiger partial charge in [0.2, 0.25) is 5.91 Å². The summed E-state index contributed by atoms with van der Waals surface area (Å²) in [7, 11) is 0. The molecule has 2 atom stereocenters. The van der Waals surface area contributed by atoms with Gasteiger partial charge in [0.05, 0.1) is 6.42 Å². The fourth-order valence-electron chi connectivity index (χ4n) is 1.88. The number of alkyl halides is 3. The molecule has 1 amide bonds. The molecule has 0 aromatic heterocycles. The number of carbonyl (C=O) groups excluding carboxylic acids is 1. The molecule has 2 unspecified atom stereocenters. The molecule has 0 saturated carbocycles. The predicted octanol–water partition coefficient (Wildman–Crippen LogP) is 1.44. The maximum absolute atomic E-state index is 12.0. The molecular weight excluding hydrogens is 221 g/mol. The third-order valence-corrected chi connectivity index (χ3v) is 2.58. The number of halogens is 3. The van der Waals surface area contributed by atoms with Crippen molar-refractivity contribution < 1.29 is 18.0 Å². The second-order valence-corrected chi connectivity index (χ2v) is 4.35. The van der Waals surface area contributed by atoms with E-state index >= 15 is 0 Å². The van der Waals surface area contributed by atoms with Crippen LogP contribution in [-0.2, 0) is 4.79 Å². The zero-order valence-corrected chi connectivity index (χ0v) is 9.23. The lowest BCUT2D eigenvalue weighted by Gasteiger charge is -2.17. The van der Waals surface area contributed by atoms with Crippen LogP contribution in [0.15, 0.2) is 0 Å². The normalized spacial score (nSPS) is 23.1. The lowest BCUT2D eigenvalue weighted by atomic mass is 10.0. The van der Waals surface area contributed by atoms with Gasteiger partial charge in [-0.1, -0.05) is 0 Å². The number of hydrogen-bond acceptors (Lipinski definition) is 2. The Morgan fingerprint density at radius 3 is 2.75 bits per heavy atom. The van der Waals surface area contributed by atoms with Crippen molar-refractivity contribution in [3.63, 3.8) is 0 Å². The molecule has 3 nitrogen and oxygen atoms in total.